The molecule has 1 atom stereocenters. The number of hydrogen-bond donors (Lipinski definition) is 4. The van der Waals surface area contributed by atoms with Gasteiger partial charge in [0.05, 0.1) is 23.6 Å². The molecule has 3 amide bonds. The minimum Gasteiger partial charge on any atom is -0.481 e. The predicted octanol–water partition coefficient (Wildman–Crippen LogP) is 7.93. The topological polar surface area (TPSA) is 156 Å². The monoisotopic (exact) mass is 792 g/mol. The number of nitrogens with zero attached hydrogens (tertiary/aromatic N) is 2. The molecule has 0 spiro atoms. The first-order valence-corrected chi connectivity index (χ1v) is 20.9. The Morgan fingerprint density at radius 1 is 0.807 bits per heavy atom. The number of anilines is 2. The molecule has 6 rings (SSSR count). The molecule has 4 N–H and O–H groups in total. The summed E-state index contributed by atoms with van der Waals surface area (Å²) in [7, 11) is 0. The average molecular weight is 793 g/mol. The molecular formula is C45H52N4O7S. The van der Waals surface area contributed by atoms with Crippen molar-refractivity contribution >= 4 is 51.7 Å². The van der Waals surface area contributed by atoms with Crippen molar-refractivity contribution in [1.29, 1.82) is 0 Å². The number of aryl methyl sites for hydroxylation is 3. The van der Waals surface area contributed by atoms with E-state index in [1.807, 2.05) is 58.3 Å². The Morgan fingerprint density at radius 3 is 2.16 bits per heavy atom. The molecule has 0 saturated carbocycles. The van der Waals surface area contributed by atoms with Gasteiger partial charge in [-0.3, -0.25) is 24.1 Å². The van der Waals surface area contributed by atoms with Gasteiger partial charge in [0, 0.05) is 35.3 Å². The Balaban J connectivity index is 1.13. The molecule has 12 heteroatoms. The lowest BCUT2D eigenvalue weighted by atomic mass is 9.95. The summed E-state index contributed by atoms with van der Waals surface area (Å²) in [6.45, 7) is 5.64. The third-order valence-electron chi connectivity index (χ3n) is 11.2. The molecular weight excluding hydrogens is 741 g/mol. The Kier molecular flexibility index (Phi) is 13.9. The zero-order valence-electron chi connectivity index (χ0n) is 32.7. The maximum Gasteiger partial charge on any atom is 0.335 e. The first kappa shape index (κ1) is 41.3. The van der Waals surface area contributed by atoms with E-state index >= 15 is 0 Å². The lowest BCUT2D eigenvalue weighted by Crippen LogP contribution is -2.48. The summed E-state index contributed by atoms with van der Waals surface area (Å²) >= 11 is 1.46. The fourth-order valence-corrected chi connectivity index (χ4v) is 9.24. The number of carboxylic acids is 2. The first-order chi connectivity index (χ1) is 27.5. The molecule has 300 valence electrons. The van der Waals surface area contributed by atoms with E-state index < -0.39 is 17.9 Å². The number of aromatic carboxylic acids is 1. The van der Waals surface area contributed by atoms with Crippen LogP contribution in [-0.2, 0) is 41.8 Å². The normalized spacial score (nSPS) is 15.5. The van der Waals surface area contributed by atoms with Gasteiger partial charge in [0.1, 0.15) is 5.00 Å². The molecule has 2 heterocycles. The molecule has 11 nitrogen and oxygen atoms in total. The number of likely N-dealkylation sites (tertiary alicyclic amines) is 1. The first-order valence-electron chi connectivity index (χ1n) is 20.0. The van der Waals surface area contributed by atoms with Crippen LogP contribution in [0, 0.1) is 5.92 Å². The van der Waals surface area contributed by atoms with Gasteiger partial charge in [0.2, 0.25) is 5.91 Å². The van der Waals surface area contributed by atoms with E-state index in [-0.39, 0.29) is 35.9 Å². The Bertz CT molecular complexity index is 2070. The van der Waals surface area contributed by atoms with Crippen LogP contribution in [0.3, 0.4) is 0 Å². The summed E-state index contributed by atoms with van der Waals surface area (Å²) < 4.78 is 0. The van der Waals surface area contributed by atoms with E-state index in [9.17, 15) is 29.1 Å². The molecule has 1 aliphatic heterocycles. The molecule has 0 bridgehead atoms. The van der Waals surface area contributed by atoms with E-state index in [1.54, 1.807) is 24.3 Å². The number of carbonyl (C=O) groups excluding carboxylic acids is 3. The van der Waals surface area contributed by atoms with Crippen molar-refractivity contribution in [3.05, 3.63) is 117 Å². The van der Waals surface area contributed by atoms with E-state index in [0.717, 1.165) is 84.9 Å². The van der Waals surface area contributed by atoms with Crippen LogP contribution in [0.1, 0.15) is 111 Å². The van der Waals surface area contributed by atoms with Crippen LogP contribution < -0.4 is 10.6 Å². The summed E-state index contributed by atoms with van der Waals surface area (Å²) in [6, 6.07) is 21.8. The molecule has 1 aliphatic carbocycles. The van der Waals surface area contributed by atoms with Crippen LogP contribution in [0.15, 0.2) is 72.8 Å². The number of nitrogens with one attached hydrogen (secondary N) is 2. The number of thiophene rings is 1. The van der Waals surface area contributed by atoms with Crippen molar-refractivity contribution < 1.29 is 34.2 Å². The third kappa shape index (κ3) is 10.5. The highest BCUT2D eigenvalue weighted by Crippen LogP contribution is 2.39. The van der Waals surface area contributed by atoms with Gasteiger partial charge < -0.3 is 25.7 Å². The highest BCUT2D eigenvalue weighted by Gasteiger charge is 2.30. The maximum absolute atomic E-state index is 13.9. The molecule has 1 aromatic heterocycles. The third-order valence-corrected chi connectivity index (χ3v) is 12.4. The Labute approximate surface area is 338 Å². The molecule has 1 unspecified atom stereocenters. The second kappa shape index (κ2) is 19.2. The summed E-state index contributed by atoms with van der Waals surface area (Å²) in [5.74, 6) is -2.89. The van der Waals surface area contributed by atoms with Gasteiger partial charge in [-0.2, -0.15) is 0 Å². The zero-order chi connectivity index (χ0) is 40.5. The maximum atomic E-state index is 13.9. The van der Waals surface area contributed by atoms with Crippen LogP contribution >= 0.6 is 11.3 Å². The number of benzene rings is 3. The lowest BCUT2D eigenvalue weighted by molar-refractivity contribution is -0.145. The smallest absolute Gasteiger partial charge is 0.335 e. The molecule has 3 aromatic carbocycles. The predicted molar refractivity (Wildman–Crippen MR) is 222 cm³/mol. The van der Waals surface area contributed by atoms with Gasteiger partial charge in [-0.1, -0.05) is 50.2 Å². The van der Waals surface area contributed by atoms with Crippen molar-refractivity contribution in [2.75, 3.05) is 30.3 Å². The number of piperidine rings is 1. The highest BCUT2D eigenvalue weighted by molar-refractivity contribution is 7.17. The molecule has 1 fully saturated rings. The van der Waals surface area contributed by atoms with Crippen molar-refractivity contribution in [3.63, 3.8) is 0 Å². The fraction of sp³-hybridized carbons (Fsp3) is 0.400. The van der Waals surface area contributed by atoms with E-state index in [0.29, 0.717) is 47.9 Å². The number of carboxylic acid groups (broad SMARTS) is 2. The lowest BCUT2D eigenvalue weighted by Gasteiger charge is -2.35. The fourth-order valence-electron chi connectivity index (χ4n) is 7.96. The van der Waals surface area contributed by atoms with Gasteiger partial charge >= 0.3 is 11.9 Å². The Morgan fingerprint density at radius 2 is 1.49 bits per heavy atom. The number of aliphatic carboxylic acids is 1. The standard InChI is InChI=1S/C45H52N4O7S/c1-3-36(4-2)49(39(50)28-48-24-8-11-34(27-48)45(55)56)26-31-9-7-10-33(25-31)41(51)47-43-40(37-12-5-6-13-38(37)57-43)42(52)46-35-22-18-30(19-23-35)15-14-29-16-20-32(21-17-29)44(53)54/h7,9-10,16-23,25,34,36H,3-6,8,11-15,24,26-28H2,1-2H3,(H,46,52)(H,47,51)(H,53,54)(H,55,56). The molecule has 1 saturated heterocycles. The molecule has 4 aromatic rings. The minimum absolute atomic E-state index is 0.00488. The van der Waals surface area contributed by atoms with Crippen LogP contribution in [-0.4, -0.2) is 75.3 Å². The molecule has 0 radical (unpaired) electrons. The molecule has 2 aliphatic rings. The largest absolute Gasteiger partial charge is 0.481 e. The van der Waals surface area contributed by atoms with Gasteiger partial charge in [-0.05, 0) is 129 Å². The minimum atomic E-state index is -0.947. The van der Waals surface area contributed by atoms with Crippen LogP contribution in [0.2, 0.25) is 0 Å². The number of rotatable bonds is 16. The highest BCUT2D eigenvalue weighted by atomic mass is 32.1. The number of amides is 3. The van der Waals surface area contributed by atoms with Gasteiger partial charge in [-0.25, -0.2) is 4.79 Å². The second-order valence-electron chi connectivity index (χ2n) is 15.1. The van der Waals surface area contributed by atoms with Gasteiger partial charge in [0.15, 0.2) is 0 Å². The quantitative estimate of drug-likeness (QED) is 0.0892. The number of carbonyl (C=O) groups is 5. The van der Waals surface area contributed by atoms with Gasteiger partial charge in [-0.15, -0.1) is 11.3 Å². The van der Waals surface area contributed by atoms with Crippen molar-refractivity contribution in [3.8, 4) is 0 Å². The van der Waals surface area contributed by atoms with E-state index in [4.69, 9.17) is 5.11 Å². The van der Waals surface area contributed by atoms with Crippen LogP contribution in [0.25, 0.3) is 0 Å². The second-order valence-corrected chi connectivity index (χ2v) is 16.2. The Hall–Kier alpha value is -5.33. The van der Waals surface area contributed by atoms with Crippen LogP contribution in [0.5, 0.6) is 0 Å². The molecule has 57 heavy (non-hydrogen) atoms. The van der Waals surface area contributed by atoms with E-state index in [1.165, 1.54) is 11.3 Å². The average Bonchev–Trinajstić information content (AvgIpc) is 3.58. The van der Waals surface area contributed by atoms with Crippen molar-refractivity contribution in [1.82, 2.24) is 9.80 Å². The summed E-state index contributed by atoms with van der Waals surface area (Å²) in [4.78, 5) is 69.3. The van der Waals surface area contributed by atoms with E-state index in [2.05, 4.69) is 24.5 Å². The summed E-state index contributed by atoms with van der Waals surface area (Å²) in [5, 5.41) is 25.3. The van der Waals surface area contributed by atoms with Gasteiger partial charge in [0.25, 0.3) is 11.8 Å². The van der Waals surface area contributed by atoms with Crippen molar-refractivity contribution in [2.45, 2.75) is 90.6 Å². The number of fused-ring (bicyclic) bond motifs is 1. The SMILES string of the molecule is CCC(CC)N(Cc1cccc(C(=O)Nc2sc3c(c2C(=O)Nc2ccc(CCc4ccc(C(=O)O)cc4)cc2)CCCC3)c1)C(=O)CN1CCCC(C(=O)O)C1. The summed E-state index contributed by atoms with van der Waals surface area (Å²) in [6.07, 6.45) is 8.03. The van der Waals surface area contributed by atoms with Crippen LogP contribution in [0.4, 0.5) is 10.7 Å². The zero-order valence-corrected chi connectivity index (χ0v) is 33.5. The summed E-state index contributed by atoms with van der Waals surface area (Å²) in [5.41, 5.74) is 5.76. The van der Waals surface area contributed by atoms with Crippen molar-refractivity contribution in [2.24, 2.45) is 5.92 Å². The number of hydrogen-bond acceptors (Lipinski definition) is 7.